The third-order valence-electron chi connectivity index (χ3n) is 4.65. The molecule has 2 aromatic rings. The molecule has 26 heavy (non-hydrogen) atoms. The largest absolute Gasteiger partial charge is 0.573 e. The first kappa shape index (κ1) is 18.6. The Morgan fingerprint density at radius 2 is 1.81 bits per heavy atom. The lowest BCUT2D eigenvalue weighted by molar-refractivity contribution is -0.274. The molecule has 142 valence electrons. The summed E-state index contributed by atoms with van der Waals surface area (Å²) in [6.45, 7) is 0. The second kappa shape index (κ2) is 7.57. The molecule has 8 heteroatoms. The first-order valence-electron chi connectivity index (χ1n) is 8.55. The lowest BCUT2D eigenvalue weighted by atomic mass is 9.83. The molecule has 1 aromatic heterocycles. The van der Waals surface area contributed by atoms with Crippen molar-refractivity contribution in [3.05, 3.63) is 36.0 Å². The molecule has 1 saturated carbocycles. The molecule has 1 heterocycles. The quantitative estimate of drug-likeness (QED) is 0.848. The first-order chi connectivity index (χ1) is 12.4. The van der Waals surface area contributed by atoms with E-state index in [1.807, 2.05) is 0 Å². The summed E-state index contributed by atoms with van der Waals surface area (Å²) in [6, 6.07) is 5.36. The van der Waals surface area contributed by atoms with Gasteiger partial charge in [-0.2, -0.15) is 0 Å². The van der Waals surface area contributed by atoms with Crippen molar-refractivity contribution in [1.82, 2.24) is 9.78 Å². The van der Waals surface area contributed by atoms with Crippen molar-refractivity contribution in [2.24, 2.45) is 5.92 Å². The van der Waals surface area contributed by atoms with Crippen molar-refractivity contribution in [1.29, 1.82) is 0 Å². The van der Waals surface area contributed by atoms with Gasteiger partial charge in [-0.15, -0.1) is 18.3 Å². The summed E-state index contributed by atoms with van der Waals surface area (Å²) in [5.41, 5.74) is 1.13. The number of rotatable bonds is 5. The molecule has 3 rings (SSSR count). The van der Waals surface area contributed by atoms with Crippen molar-refractivity contribution < 1.29 is 27.8 Å². The Morgan fingerprint density at radius 3 is 2.38 bits per heavy atom. The van der Waals surface area contributed by atoms with Crippen LogP contribution in [0.5, 0.6) is 11.6 Å². The Morgan fingerprint density at radius 1 is 1.15 bits per heavy atom. The van der Waals surface area contributed by atoms with E-state index in [1.165, 1.54) is 42.5 Å². The zero-order chi connectivity index (χ0) is 18.7. The van der Waals surface area contributed by atoms with E-state index >= 15 is 0 Å². The number of ether oxygens (including phenoxy) is 2. The van der Waals surface area contributed by atoms with Gasteiger partial charge in [0.05, 0.1) is 24.5 Å². The van der Waals surface area contributed by atoms with Crippen LogP contribution in [0.15, 0.2) is 30.5 Å². The molecule has 0 radical (unpaired) electrons. The van der Waals surface area contributed by atoms with Crippen molar-refractivity contribution >= 4 is 0 Å². The van der Waals surface area contributed by atoms with Crippen molar-refractivity contribution in [3.8, 4) is 17.3 Å². The van der Waals surface area contributed by atoms with E-state index in [1.54, 1.807) is 6.20 Å². The molecule has 0 amide bonds. The van der Waals surface area contributed by atoms with E-state index in [0.717, 1.165) is 25.7 Å². The molecule has 1 fully saturated rings. The minimum absolute atomic E-state index is 0.165. The van der Waals surface area contributed by atoms with Crippen LogP contribution in [0, 0.1) is 5.92 Å². The summed E-state index contributed by atoms with van der Waals surface area (Å²) < 4.78 is 47.4. The van der Waals surface area contributed by atoms with Gasteiger partial charge in [-0.25, -0.2) is 4.68 Å². The van der Waals surface area contributed by atoms with Crippen LogP contribution in [-0.2, 0) is 0 Å². The zero-order valence-electron chi connectivity index (χ0n) is 14.4. The average molecular weight is 370 g/mol. The van der Waals surface area contributed by atoms with Gasteiger partial charge < -0.3 is 14.6 Å². The van der Waals surface area contributed by atoms with Crippen LogP contribution in [0.3, 0.4) is 0 Å². The summed E-state index contributed by atoms with van der Waals surface area (Å²) in [7, 11) is 1.48. The maximum absolute atomic E-state index is 12.2. The molecular formula is C18H21F3N2O3. The number of hydrogen-bond acceptors (Lipinski definition) is 4. The normalized spacial score (nSPS) is 17.1. The molecule has 1 aliphatic rings. The highest BCUT2D eigenvalue weighted by Crippen LogP contribution is 2.37. The smallest absolute Gasteiger partial charge is 0.480 e. The van der Waals surface area contributed by atoms with Crippen LogP contribution in [0.25, 0.3) is 5.69 Å². The number of halogens is 3. The fraction of sp³-hybridized carbons (Fsp3) is 0.500. The van der Waals surface area contributed by atoms with Gasteiger partial charge in [-0.05, 0) is 43.0 Å². The van der Waals surface area contributed by atoms with Crippen molar-refractivity contribution in [3.63, 3.8) is 0 Å². The van der Waals surface area contributed by atoms with Gasteiger partial charge in [0, 0.05) is 6.20 Å². The monoisotopic (exact) mass is 370 g/mol. The lowest BCUT2D eigenvalue weighted by Crippen LogP contribution is -2.17. The van der Waals surface area contributed by atoms with Gasteiger partial charge in [0.15, 0.2) is 0 Å². The van der Waals surface area contributed by atoms with E-state index < -0.39 is 12.5 Å². The number of aromatic nitrogens is 2. The SMILES string of the molecule is COc1nn(-c2ccc(OC(F)(F)F)cc2)cc1C(O)C1CCCCC1. The summed E-state index contributed by atoms with van der Waals surface area (Å²) in [6.07, 6.45) is 1.55. The van der Waals surface area contributed by atoms with Crippen LogP contribution in [0.2, 0.25) is 0 Å². The molecule has 0 aliphatic heterocycles. The summed E-state index contributed by atoms with van der Waals surface area (Å²) >= 11 is 0. The fourth-order valence-corrected chi connectivity index (χ4v) is 3.37. The van der Waals surface area contributed by atoms with Crippen LogP contribution >= 0.6 is 0 Å². The van der Waals surface area contributed by atoms with E-state index in [4.69, 9.17) is 4.74 Å². The van der Waals surface area contributed by atoms with Gasteiger partial charge in [-0.1, -0.05) is 19.3 Å². The van der Waals surface area contributed by atoms with Gasteiger partial charge in [0.25, 0.3) is 0 Å². The third-order valence-corrected chi connectivity index (χ3v) is 4.65. The number of methoxy groups -OCH3 is 1. The molecule has 0 bridgehead atoms. The predicted octanol–water partition coefficient (Wildman–Crippen LogP) is 4.39. The number of aliphatic hydroxyl groups is 1. The summed E-state index contributed by atoms with van der Waals surface area (Å²) in [5, 5.41) is 15.0. The Balaban J connectivity index is 1.81. The van der Waals surface area contributed by atoms with E-state index in [2.05, 4.69) is 9.84 Å². The molecule has 0 saturated heterocycles. The minimum Gasteiger partial charge on any atom is -0.480 e. The molecule has 1 aliphatic carbocycles. The Bertz CT molecular complexity index is 722. The molecule has 1 aromatic carbocycles. The second-order valence-corrected chi connectivity index (χ2v) is 6.42. The predicted molar refractivity (Wildman–Crippen MR) is 88.3 cm³/mol. The highest BCUT2D eigenvalue weighted by Gasteiger charge is 2.31. The molecule has 5 nitrogen and oxygen atoms in total. The number of nitrogens with zero attached hydrogens (tertiary/aromatic N) is 2. The van der Waals surface area contributed by atoms with Crippen molar-refractivity contribution in [2.45, 2.75) is 44.6 Å². The summed E-state index contributed by atoms with van der Waals surface area (Å²) in [5.74, 6) is 0.180. The highest BCUT2D eigenvalue weighted by atomic mass is 19.4. The zero-order valence-corrected chi connectivity index (χ0v) is 14.4. The van der Waals surface area contributed by atoms with E-state index in [0.29, 0.717) is 17.1 Å². The summed E-state index contributed by atoms with van der Waals surface area (Å²) in [4.78, 5) is 0. The maximum atomic E-state index is 12.2. The Hall–Kier alpha value is -2.22. The van der Waals surface area contributed by atoms with E-state index in [-0.39, 0.29) is 11.7 Å². The van der Waals surface area contributed by atoms with Gasteiger partial charge >= 0.3 is 6.36 Å². The minimum atomic E-state index is -4.73. The van der Waals surface area contributed by atoms with Gasteiger partial charge in [0.2, 0.25) is 5.88 Å². The molecule has 1 unspecified atom stereocenters. The fourth-order valence-electron chi connectivity index (χ4n) is 3.37. The number of alkyl halides is 3. The topological polar surface area (TPSA) is 56.5 Å². The van der Waals surface area contributed by atoms with Gasteiger partial charge in [0.1, 0.15) is 5.75 Å². The molecular weight excluding hydrogens is 349 g/mol. The van der Waals surface area contributed by atoms with Gasteiger partial charge in [-0.3, -0.25) is 0 Å². The standard InChI is InChI=1S/C18H21F3N2O3/c1-25-17-15(16(24)12-5-3-2-4-6-12)11-23(22-17)13-7-9-14(10-8-13)26-18(19,20)21/h7-12,16,24H,2-6H2,1H3. The Kier molecular flexibility index (Phi) is 5.41. The number of benzene rings is 1. The first-order valence-corrected chi connectivity index (χ1v) is 8.55. The van der Waals surface area contributed by atoms with Crippen LogP contribution in [0.4, 0.5) is 13.2 Å². The maximum Gasteiger partial charge on any atom is 0.573 e. The molecule has 1 atom stereocenters. The van der Waals surface area contributed by atoms with Crippen LogP contribution in [0.1, 0.15) is 43.8 Å². The third kappa shape index (κ3) is 4.30. The highest BCUT2D eigenvalue weighted by molar-refractivity contribution is 5.39. The van der Waals surface area contributed by atoms with Crippen LogP contribution in [-0.4, -0.2) is 28.4 Å². The molecule has 1 N–H and O–H groups in total. The van der Waals surface area contributed by atoms with E-state index in [9.17, 15) is 18.3 Å². The number of aliphatic hydroxyl groups excluding tert-OH is 1. The Labute approximate surface area is 149 Å². The van der Waals surface area contributed by atoms with Crippen molar-refractivity contribution in [2.75, 3.05) is 7.11 Å². The molecule has 0 spiro atoms. The van der Waals surface area contributed by atoms with Crippen LogP contribution < -0.4 is 9.47 Å². The lowest BCUT2D eigenvalue weighted by Gasteiger charge is -2.26. The second-order valence-electron chi connectivity index (χ2n) is 6.42. The average Bonchev–Trinajstić information content (AvgIpc) is 3.05. The number of hydrogen-bond donors (Lipinski definition) is 1.